The number of piperazine rings is 1. The van der Waals surface area contributed by atoms with Gasteiger partial charge in [0.15, 0.2) is 5.78 Å². The molecule has 2 heterocycles. The molecule has 0 N–H and O–H groups in total. The average Bonchev–Trinajstić information content (AvgIpc) is 3.12. The van der Waals surface area contributed by atoms with Gasteiger partial charge in [0.1, 0.15) is 0 Å². The lowest BCUT2D eigenvalue weighted by atomic mass is 10.1. The molecule has 31 heavy (non-hydrogen) atoms. The van der Waals surface area contributed by atoms with Crippen molar-refractivity contribution in [2.75, 3.05) is 31.1 Å². The van der Waals surface area contributed by atoms with E-state index in [0.717, 1.165) is 35.9 Å². The number of ketones is 1. The van der Waals surface area contributed by atoms with Gasteiger partial charge in [0, 0.05) is 54.5 Å². The second-order valence-corrected chi connectivity index (χ2v) is 8.41. The molecule has 3 aromatic rings. The van der Waals surface area contributed by atoms with Crippen molar-refractivity contribution >= 4 is 29.0 Å². The van der Waals surface area contributed by atoms with E-state index in [1.54, 1.807) is 13.0 Å². The third-order valence-corrected chi connectivity index (χ3v) is 6.25. The van der Waals surface area contributed by atoms with E-state index in [9.17, 15) is 9.59 Å². The maximum atomic E-state index is 13.3. The minimum Gasteiger partial charge on any atom is -0.368 e. The molecule has 1 amide bonds. The van der Waals surface area contributed by atoms with Gasteiger partial charge in [-0.05, 0) is 75.4 Å². The van der Waals surface area contributed by atoms with Gasteiger partial charge >= 0.3 is 0 Å². The monoisotopic (exact) mass is 435 g/mol. The van der Waals surface area contributed by atoms with Gasteiger partial charge in [0.25, 0.3) is 5.91 Å². The second-order valence-electron chi connectivity index (χ2n) is 8.00. The van der Waals surface area contributed by atoms with Crippen molar-refractivity contribution in [2.24, 2.45) is 0 Å². The number of hydrogen-bond donors (Lipinski definition) is 0. The third kappa shape index (κ3) is 4.23. The Hall–Kier alpha value is -3.05. The number of nitrogens with zero attached hydrogens (tertiary/aromatic N) is 3. The van der Waals surface area contributed by atoms with Crippen LogP contribution in [0.3, 0.4) is 0 Å². The molecule has 160 valence electrons. The molecule has 0 atom stereocenters. The van der Waals surface area contributed by atoms with Crippen molar-refractivity contribution < 1.29 is 9.59 Å². The maximum Gasteiger partial charge on any atom is 0.255 e. The summed E-state index contributed by atoms with van der Waals surface area (Å²) in [5.74, 6) is 0.0206. The molecule has 0 radical (unpaired) electrons. The summed E-state index contributed by atoms with van der Waals surface area (Å²) in [7, 11) is 0. The zero-order chi connectivity index (χ0) is 22.1. The Labute approximate surface area is 187 Å². The fourth-order valence-electron chi connectivity index (χ4n) is 4.14. The van der Waals surface area contributed by atoms with Crippen LogP contribution in [0.25, 0.3) is 5.69 Å². The summed E-state index contributed by atoms with van der Waals surface area (Å²) in [4.78, 5) is 28.8. The SMILES string of the molecule is CC(=O)c1ccc(N2CCN(C(=O)c3cc(-n4c(C)ccc4C)ccc3Cl)CC2)cc1. The van der Waals surface area contributed by atoms with Crippen LogP contribution in [0.2, 0.25) is 5.02 Å². The van der Waals surface area contributed by atoms with Crippen LogP contribution >= 0.6 is 11.6 Å². The number of rotatable bonds is 4. The lowest BCUT2D eigenvalue weighted by Crippen LogP contribution is -2.48. The fraction of sp³-hybridized carbons (Fsp3) is 0.280. The number of aromatic nitrogens is 1. The Balaban J connectivity index is 1.49. The Bertz CT molecular complexity index is 1110. The first-order chi connectivity index (χ1) is 14.8. The van der Waals surface area contributed by atoms with Gasteiger partial charge in [-0.3, -0.25) is 9.59 Å². The Morgan fingerprint density at radius 3 is 1.97 bits per heavy atom. The topological polar surface area (TPSA) is 45.6 Å². The lowest BCUT2D eigenvalue weighted by Gasteiger charge is -2.36. The van der Waals surface area contributed by atoms with E-state index in [-0.39, 0.29) is 11.7 Å². The van der Waals surface area contributed by atoms with E-state index in [4.69, 9.17) is 11.6 Å². The zero-order valence-corrected chi connectivity index (χ0v) is 18.8. The highest BCUT2D eigenvalue weighted by Gasteiger charge is 2.24. The molecule has 1 aromatic heterocycles. The Kier molecular flexibility index (Phi) is 5.88. The van der Waals surface area contributed by atoms with Gasteiger partial charge in [0.05, 0.1) is 10.6 Å². The second kappa shape index (κ2) is 8.60. The molecule has 1 fully saturated rings. The van der Waals surface area contributed by atoms with Crippen LogP contribution in [0.5, 0.6) is 0 Å². The van der Waals surface area contributed by atoms with Crippen molar-refractivity contribution in [3.63, 3.8) is 0 Å². The summed E-state index contributed by atoms with van der Waals surface area (Å²) < 4.78 is 2.12. The van der Waals surface area contributed by atoms with E-state index in [1.165, 1.54) is 0 Å². The molecule has 0 saturated carbocycles. The van der Waals surface area contributed by atoms with Crippen LogP contribution in [0.15, 0.2) is 54.6 Å². The highest BCUT2D eigenvalue weighted by atomic mass is 35.5. The lowest BCUT2D eigenvalue weighted by molar-refractivity contribution is 0.0746. The molecule has 1 aliphatic rings. The summed E-state index contributed by atoms with van der Waals surface area (Å²) in [6.45, 7) is 8.37. The van der Waals surface area contributed by atoms with Crippen molar-refractivity contribution in [1.29, 1.82) is 0 Å². The molecule has 0 bridgehead atoms. The largest absolute Gasteiger partial charge is 0.368 e. The summed E-state index contributed by atoms with van der Waals surface area (Å²) in [5.41, 5.74) is 5.48. The minimum atomic E-state index is -0.0408. The van der Waals surface area contributed by atoms with Crippen LogP contribution < -0.4 is 4.90 Å². The highest BCUT2D eigenvalue weighted by Crippen LogP contribution is 2.25. The molecular weight excluding hydrogens is 410 g/mol. The van der Waals surface area contributed by atoms with E-state index < -0.39 is 0 Å². The Morgan fingerprint density at radius 1 is 0.806 bits per heavy atom. The van der Waals surface area contributed by atoms with E-state index in [1.807, 2.05) is 55.1 Å². The van der Waals surface area contributed by atoms with Crippen molar-refractivity contribution in [3.05, 3.63) is 82.1 Å². The van der Waals surface area contributed by atoms with E-state index in [0.29, 0.717) is 29.2 Å². The van der Waals surface area contributed by atoms with Crippen molar-refractivity contribution in [2.45, 2.75) is 20.8 Å². The smallest absolute Gasteiger partial charge is 0.255 e. The maximum absolute atomic E-state index is 13.3. The highest BCUT2D eigenvalue weighted by molar-refractivity contribution is 6.33. The predicted molar refractivity (Wildman–Crippen MR) is 125 cm³/mol. The number of anilines is 1. The molecule has 0 unspecified atom stereocenters. The third-order valence-electron chi connectivity index (χ3n) is 5.92. The van der Waals surface area contributed by atoms with E-state index in [2.05, 4.69) is 21.6 Å². The van der Waals surface area contributed by atoms with Crippen LogP contribution in [0.1, 0.15) is 39.0 Å². The standard InChI is InChI=1S/C25H26ClN3O2/c1-17-4-5-18(2)29(17)22-10-11-24(26)23(16-22)25(31)28-14-12-27(13-15-28)21-8-6-20(7-9-21)19(3)30/h4-11,16H,12-15H2,1-3H3. The number of aryl methyl sites for hydroxylation is 2. The number of Topliss-reactive ketones (excluding diaryl/α,β-unsaturated/α-hetero) is 1. The van der Waals surface area contributed by atoms with E-state index >= 15 is 0 Å². The zero-order valence-electron chi connectivity index (χ0n) is 18.1. The first kappa shape index (κ1) is 21.2. The number of amides is 1. The van der Waals surface area contributed by atoms with Gasteiger partial charge in [0.2, 0.25) is 0 Å². The summed E-state index contributed by atoms with van der Waals surface area (Å²) >= 11 is 6.42. The fourth-order valence-corrected chi connectivity index (χ4v) is 4.34. The van der Waals surface area contributed by atoms with Crippen molar-refractivity contribution in [3.8, 4) is 5.69 Å². The van der Waals surface area contributed by atoms with Crippen LogP contribution in [0, 0.1) is 13.8 Å². The molecule has 1 saturated heterocycles. The Morgan fingerprint density at radius 2 is 1.39 bits per heavy atom. The van der Waals surface area contributed by atoms with Gasteiger partial charge in [-0.15, -0.1) is 0 Å². The first-order valence-electron chi connectivity index (χ1n) is 10.5. The van der Waals surface area contributed by atoms with Crippen LogP contribution in [0.4, 0.5) is 5.69 Å². The normalized spacial score (nSPS) is 14.1. The number of halogens is 1. The first-order valence-corrected chi connectivity index (χ1v) is 10.8. The van der Waals surface area contributed by atoms with Gasteiger partial charge in [-0.2, -0.15) is 0 Å². The predicted octanol–water partition coefficient (Wildman–Crippen LogP) is 4.91. The molecule has 6 heteroatoms. The number of benzene rings is 2. The van der Waals surface area contributed by atoms with Crippen LogP contribution in [-0.4, -0.2) is 47.3 Å². The van der Waals surface area contributed by atoms with Crippen molar-refractivity contribution in [1.82, 2.24) is 9.47 Å². The number of carbonyl (C=O) groups is 2. The number of hydrogen-bond acceptors (Lipinski definition) is 3. The van der Waals surface area contributed by atoms with Crippen LogP contribution in [-0.2, 0) is 0 Å². The summed E-state index contributed by atoms with van der Waals surface area (Å²) in [6.07, 6.45) is 0. The molecule has 2 aromatic carbocycles. The molecule has 4 rings (SSSR count). The minimum absolute atomic E-state index is 0.0408. The molecular formula is C25H26ClN3O2. The molecule has 1 aliphatic heterocycles. The number of carbonyl (C=O) groups excluding carboxylic acids is 2. The van der Waals surface area contributed by atoms with Gasteiger partial charge < -0.3 is 14.4 Å². The summed E-state index contributed by atoms with van der Waals surface area (Å²) in [6, 6.07) is 17.4. The summed E-state index contributed by atoms with van der Waals surface area (Å²) in [5, 5.41) is 0.471. The van der Waals surface area contributed by atoms with Gasteiger partial charge in [-0.1, -0.05) is 11.6 Å². The molecule has 0 spiro atoms. The molecule has 5 nitrogen and oxygen atoms in total. The average molecular weight is 436 g/mol. The quantitative estimate of drug-likeness (QED) is 0.547. The molecule has 0 aliphatic carbocycles. The van der Waals surface area contributed by atoms with Gasteiger partial charge in [-0.25, -0.2) is 0 Å².